The molecule has 8 nitrogen and oxygen atoms in total. The molecule has 0 radical (unpaired) electrons. The standard InChI is InChI=1S/C23H29N5O3/c1-12-26-21(25)19-22(27-12)31-23(2,3)20(28-19)15-8-9-16(17(24)11-15)14-6-4-13(5-7-14)10-18(29)30/h8-9,11,13-14H,4-7,10,24H2,1-3H3,(H,29,30)(H2,25,26,27). The summed E-state index contributed by atoms with van der Waals surface area (Å²) in [6, 6.07) is 6.03. The number of nitrogen functional groups attached to an aromatic ring is 2. The van der Waals surface area contributed by atoms with Crippen molar-refractivity contribution < 1.29 is 14.6 Å². The number of carboxylic acids is 1. The van der Waals surface area contributed by atoms with E-state index in [9.17, 15) is 4.79 Å². The highest BCUT2D eigenvalue weighted by Crippen LogP contribution is 2.42. The van der Waals surface area contributed by atoms with Crippen molar-refractivity contribution in [3.05, 3.63) is 35.2 Å². The molecule has 0 amide bonds. The van der Waals surface area contributed by atoms with E-state index >= 15 is 0 Å². The molecule has 164 valence electrons. The van der Waals surface area contributed by atoms with Gasteiger partial charge in [0.1, 0.15) is 11.4 Å². The number of rotatable bonds is 4. The van der Waals surface area contributed by atoms with Crippen LogP contribution in [0.4, 0.5) is 17.2 Å². The number of aliphatic carboxylic acids is 1. The number of nitrogens with zero attached hydrogens (tertiary/aromatic N) is 3. The Kier molecular flexibility index (Phi) is 5.33. The molecule has 0 unspecified atom stereocenters. The van der Waals surface area contributed by atoms with Gasteiger partial charge in [0.2, 0.25) is 5.88 Å². The van der Waals surface area contributed by atoms with Gasteiger partial charge in [-0.1, -0.05) is 12.1 Å². The van der Waals surface area contributed by atoms with Gasteiger partial charge in [-0.15, -0.1) is 0 Å². The summed E-state index contributed by atoms with van der Waals surface area (Å²) >= 11 is 0. The van der Waals surface area contributed by atoms with Crippen LogP contribution >= 0.6 is 0 Å². The first-order valence-electron chi connectivity index (χ1n) is 10.7. The predicted molar refractivity (Wildman–Crippen MR) is 120 cm³/mol. The van der Waals surface area contributed by atoms with E-state index in [1.165, 1.54) is 0 Å². The minimum atomic E-state index is -0.715. The molecule has 8 heteroatoms. The fourth-order valence-electron chi connectivity index (χ4n) is 4.70. The highest BCUT2D eigenvalue weighted by molar-refractivity contribution is 6.09. The fraction of sp³-hybridized carbons (Fsp3) is 0.478. The number of carboxylic acid groups (broad SMARTS) is 1. The minimum absolute atomic E-state index is 0.254. The SMILES string of the molecule is Cc1nc(N)c2c(n1)OC(C)(C)C(c1ccc(C3CCC(CC(=O)O)CC3)c(N)c1)=N2. The molecule has 1 aliphatic carbocycles. The molecule has 1 aromatic heterocycles. The van der Waals surface area contributed by atoms with Crippen molar-refractivity contribution in [3.63, 3.8) is 0 Å². The van der Waals surface area contributed by atoms with Crippen molar-refractivity contribution in [3.8, 4) is 5.88 Å². The molecular formula is C23H29N5O3. The maximum Gasteiger partial charge on any atom is 0.303 e. The van der Waals surface area contributed by atoms with Crippen LogP contribution in [0.5, 0.6) is 5.88 Å². The lowest BCUT2D eigenvalue weighted by atomic mass is 9.77. The number of nitrogens with two attached hydrogens (primary N) is 2. The van der Waals surface area contributed by atoms with Gasteiger partial charge in [-0.3, -0.25) is 4.79 Å². The normalized spacial score (nSPS) is 22.2. The first kappa shape index (κ1) is 21.1. The molecule has 4 rings (SSSR count). The van der Waals surface area contributed by atoms with Crippen LogP contribution in [0, 0.1) is 12.8 Å². The average molecular weight is 424 g/mol. The van der Waals surface area contributed by atoms with Crippen LogP contribution < -0.4 is 16.2 Å². The molecule has 0 saturated heterocycles. The second-order valence-corrected chi connectivity index (χ2v) is 9.04. The number of carbonyl (C=O) groups is 1. The molecule has 1 saturated carbocycles. The van der Waals surface area contributed by atoms with Crippen LogP contribution in [0.25, 0.3) is 0 Å². The zero-order valence-corrected chi connectivity index (χ0v) is 18.2. The topological polar surface area (TPSA) is 137 Å². The van der Waals surface area contributed by atoms with Gasteiger partial charge in [-0.25, -0.2) is 9.98 Å². The Morgan fingerprint density at radius 1 is 1.19 bits per heavy atom. The number of hydrogen-bond acceptors (Lipinski definition) is 7. The van der Waals surface area contributed by atoms with Gasteiger partial charge < -0.3 is 21.3 Å². The summed E-state index contributed by atoms with van der Waals surface area (Å²) in [6.07, 6.45) is 4.00. The Morgan fingerprint density at radius 2 is 1.90 bits per heavy atom. The van der Waals surface area contributed by atoms with Gasteiger partial charge in [0, 0.05) is 17.7 Å². The summed E-state index contributed by atoms with van der Waals surface area (Å²) in [7, 11) is 0. The smallest absolute Gasteiger partial charge is 0.303 e. The zero-order valence-electron chi connectivity index (χ0n) is 18.2. The monoisotopic (exact) mass is 423 g/mol. The quantitative estimate of drug-likeness (QED) is 0.632. The molecule has 0 atom stereocenters. The maximum absolute atomic E-state index is 11.0. The van der Waals surface area contributed by atoms with Gasteiger partial charge in [-0.2, -0.15) is 4.98 Å². The third-order valence-electron chi connectivity index (χ3n) is 6.25. The number of fused-ring (bicyclic) bond motifs is 1. The molecule has 5 N–H and O–H groups in total. The molecule has 2 heterocycles. The lowest BCUT2D eigenvalue weighted by Gasteiger charge is -2.33. The van der Waals surface area contributed by atoms with E-state index in [0.29, 0.717) is 29.1 Å². The highest BCUT2D eigenvalue weighted by Gasteiger charge is 2.36. The lowest BCUT2D eigenvalue weighted by Crippen LogP contribution is -2.41. The summed E-state index contributed by atoms with van der Waals surface area (Å²) in [5, 5.41) is 9.02. The van der Waals surface area contributed by atoms with E-state index in [0.717, 1.165) is 48.2 Å². The van der Waals surface area contributed by atoms with Crippen LogP contribution in [-0.4, -0.2) is 32.4 Å². The molecular weight excluding hydrogens is 394 g/mol. The number of ether oxygens (including phenoxy) is 1. The fourth-order valence-corrected chi connectivity index (χ4v) is 4.70. The van der Waals surface area contributed by atoms with Crippen molar-refractivity contribution in [1.29, 1.82) is 0 Å². The van der Waals surface area contributed by atoms with Gasteiger partial charge >= 0.3 is 5.97 Å². The first-order chi connectivity index (χ1) is 14.6. The van der Waals surface area contributed by atoms with Crippen molar-refractivity contribution in [2.75, 3.05) is 11.5 Å². The summed E-state index contributed by atoms with van der Waals surface area (Å²) in [5.74, 6) is 1.12. The summed E-state index contributed by atoms with van der Waals surface area (Å²) in [6.45, 7) is 5.65. The Balaban J connectivity index is 1.60. The number of aliphatic imine (C=N–C) groups is 1. The molecule has 2 aliphatic rings. The average Bonchev–Trinajstić information content (AvgIpc) is 2.67. The van der Waals surface area contributed by atoms with Gasteiger partial charge in [-0.05, 0) is 69.9 Å². The van der Waals surface area contributed by atoms with E-state index in [-0.39, 0.29) is 12.3 Å². The second-order valence-electron chi connectivity index (χ2n) is 9.04. The third-order valence-corrected chi connectivity index (χ3v) is 6.25. The van der Waals surface area contributed by atoms with E-state index in [4.69, 9.17) is 26.3 Å². The van der Waals surface area contributed by atoms with E-state index in [1.807, 2.05) is 26.0 Å². The second kappa shape index (κ2) is 7.83. The minimum Gasteiger partial charge on any atom is -0.481 e. The van der Waals surface area contributed by atoms with Crippen molar-refractivity contribution in [2.45, 2.75) is 64.4 Å². The molecule has 2 aromatic rings. The summed E-state index contributed by atoms with van der Waals surface area (Å²) in [4.78, 5) is 24.3. The van der Waals surface area contributed by atoms with Crippen LogP contribution in [0.2, 0.25) is 0 Å². The van der Waals surface area contributed by atoms with Crippen LogP contribution in [0.15, 0.2) is 23.2 Å². The van der Waals surface area contributed by atoms with Gasteiger partial charge in [0.15, 0.2) is 11.5 Å². The van der Waals surface area contributed by atoms with Crippen molar-refractivity contribution in [2.24, 2.45) is 10.9 Å². The van der Waals surface area contributed by atoms with Crippen LogP contribution in [0.3, 0.4) is 0 Å². The van der Waals surface area contributed by atoms with Crippen LogP contribution in [0.1, 0.15) is 68.8 Å². The Morgan fingerprint density at radius 3 is 2.55 bits per heavy atom. The molecule has 1 aliphatic heterocycles. The number of anilines is 2. The summed E-state index contributed by atoms with van der Waals surface area (Å²) < 4.78 is 6.13. The van der Waals surface area contributed by atoms with Gasteiger partial charge in [0.05, 0.1) is 5.71 Å². The summed E-state index contributed by atoms with van der Waals surface area (Å²) in [5.41, 5.74) is 15.7. The zero-order chi connectivity index (χ0) is 22.3. The Labute approximate surface area is 181 Å². The Hall–Kier alpha value is -3.16. The van der Waals surface area contributed by atoms with Crippen LogP contribution in [-0.2, 0) is 4.79 Å². The molecule has 1 fully saturated rings. The van der Waals surface area contributed by atoms with E-state index < -0.39 is 11.6 Å². The lowest BCUT2D eigenvalue weighted by molar-refractivity contribution is -0.138. The number of aromatic nitrogens is 2. The van der Waals surface area contributed by atoms with Crippen molar-refractivity contribution in [1.82, 2.24) is 9.97 Å². The van der Waals surface area contributed by atoms with E-state index in [1.54, 1.807) is 6.92 Å². The number of aryl methyl sites for hydroxylation is 1. The van der Waals surface area contributed by atoms with E-state index in [2.05, 4.69) is 16.0 Å². The Bertz CT molecular complexity index is 1060. The van der Waals surface area contributed by atoms with Crippen molar-refractivity contribution >= 4 is 28.9 Å². The maximum atomic E-state index is 11.0. The van der Waals surface area contributed by atoms with Gasteiger partial charge in [0.25, 0.3) is 0 Å². The molecule has 0 bridgehead atoms. The molecule has 1 aromatic carbocycles. The first-order valence-corrected chi connectivity index (χ1v) is 10.7. The highest BCUT2D eigenvalue weighted by atomic mass is 16.5. The third kappa shape index (κ3) is 4.19. The number of hydrogen-bond donors (Lipinski definition) is 3. The largest absolute Gasteiger partial charge is 0.481 e. The number of benzene rings is 1. The molecule has 31 heavy (non-hydrogen) atoms. The molecule has 0 spiro atoms. The predicted octanol–water partition coefficient (Wildman–Crippen LogP) is 3.99.